The highest BCUT2D eigenvalue weighted by molar-refractivity contribution is 9.10. The number of thiophene rings is 1. The van der Waals surface area contributed by atoms with Crippen LogP contribution in [-0.4, -0.2) is 15.0 Å². The van der Waals surface area contributed by atoms with Gasteiger partial charge in [-0.15, -0.1) is 11.3 Å². The Balaban J connectivity index is 2.36. The van der Waals surface area contributed by atoms with Crippen LogP contribution in [0.1, 0.15) is 0 Å². The Morgan fingerprint density at radius 1 is 1.12 bits per heavy atom. The number of aromatic nitrogens is 3. The van der Waals surface area contributed by atoms with Gasteiger partial charge in [0.1, 0.15) is 16.9 Å². The molecule has 78 valence electrons. The Morgan fingerprint density at radius 3 is 2.88 bits per heavy atom. The predicted molar refractivity (Wildman–Crippen MR) is 68.3 cm³/mol. The summed E-state index contributed by atoms with van der Waals surface area (Å²) < 4.78 is 1.02. The van der Waals surface area contributed by atoms with Crippen LogP contribution >= 0.6 is 27.3 Å². The minimum absolute atomic E-state index is 0.869. The number of rotatable bonds is 1. The molecule has 0 aromatic carbocycles. The van der Waals surface area contributed by atoms with Gasteiger partial charge in [0.15, 0.2) is 0 Å². The molecular formula is C11H6BrN3S. The zero-order valence-electron chi connectivity index (χ0n) is 8.09. The molecule has 0 saturated carbocycles. The molecule has 0 amide bonds. The van der Waals surface area contributed by atoms with Crippen molar-refractivity contribution in [2.24, 2.45) is 0 Å². The molecular weight excluding hydrogens is 286 g/mol. The topological polar surface area (TPSA) is 38.7 Å². The number of fused-ring (bicyclic) bond motifs is 1. The third-order valence-corrected chi connectivity index (χ3v) is 4.05. The van der Waals surface area contributed by atoms with Gasteiger partial charge in [0.25, 0.3) is 0 Å². The van der Waals surface area contributed by atoms with Crippen molar-refractivity contribution < 1.29 is 0 Å². The van der Waals surface area contributed by atoms with E-state index in [2.05, 4.69) is 30.9 Å². The van der Waals surface area contributed by atoms with Crippen molar-refractivity contribution in [2.75, 3.05) is 0 Å². The van der Waals surface area contributed by atoms with Gasteiger partial charge in [0.05, 0.1) is 11.1 Å². The summed E-state index contributed by atoms with van der Waals surface area (Å²) in [7, 11) is 0. The van der Waals surface area contributed by atoms with E-state index in [1.807, 2.05) is 23.6 Å². The average Bonchev–Trinajstić information content (AvgIpc) is 2.73. The van der Waals surface area contributed by atoms with Gasteiger partial charge in [-0.25, -0.2) is 9.97 Å². The van der Waals surface area contributed by atoms with Crippen LogP contribution < -0.4 is 0 Å². The van der Waals surface area contributed by atoms with Crippen LogP contribution in [0, 0.1) is 0 Å². The fourth-order valence-corrected chi connectivity index (χ4v) is 3.09. The zero-order valence-corrected chi connectivity index (χ0v) is 10.5. The Morgan fingerprint density at radius 2 is 2.06 bits per heavy atom. The minimum atomic E-state index is 0.869. The summed E-state index contributed by atoms with van der Waals surface area (Å²) >= 11 is 5.11. The third kappa shape index (κ3) is 1.52. The van der Waals surface area contributed by atoms with Gasteiger partial charge in [-0.3, -0.25) is 4.98 Å². The monoisotopic (exact) mass is 291 g/mol. The second-order valence-electron chi connectivity index (χ2n) is 3.20. The van der Waals surface area contributed by atoms with Crippen molar-refractivity contribution in [1.29, 1.82) is 0 Å². The first-order chi connectivity index (χ1) is 7.86. The Hall–Kier alpha value is -1.33. The molecule has 0 spiro atoms. The van der Waals surface area contributed by atoms with E-state index in [0.29, 0.717) is 0 Å². The summed E-state index contributed by atoms with van der Waals surface area (Å²) in [4.78, 5) is 13.8. The highest BCUT2D eigenvalue weighted by Gasteiger charge is 2.11. The lowest BCUT2D eigenvalue weighted by atomic mass is 10.2. The van der Waals surface area contributed by atoms with Crippen LogP contribution in [0.25, 0.3) is 21.6 Å². The molecule has 3 rings (SSSR count). The van der Waals surface area contributed by atoms with Gasteiger partial charge in [0.2, 0.25) is 0 Å². The van der Waals surface area contributed by atoms with E-state index in [0.717, 1.165) is 26.1 Å². The first kappa shape index (κ1) is 9.86. The lowest BCUT2D eigenvalue weighted by Crippen LogP contribution is -1.88. The standard InChI is InChI=1S/C11H6BrN3S/c12-7-5-16-11-9(7)10(14-6-15-11)8-3-1-2-4-13-8/h1-6H. The van der Waals surface area contributed by atoms with Crippen LogP contribution in [0.3, 0.4) is 0 Å². The molecule has 3 aromatic heterocycles. The zero-order chi connectivity index (χ0) is 11.0. The molecule has 0 aliphatic carbocycles. The largest absolute Gasteiger partial charge is 0.255 e. The molecule has 0 unspecified atom stereocenters. The summed E-state index contributed by atoms with van der Waals surface area (Å²) in [5.41, 5.74) is 1.74. The van der Waals surface area contributed by atoms with Gasteiger partial charge in [0, 0.05) is 16.0 Å². The Kier molecular flexibility index (Phi) is 2.41. The molecule has 0 atom stereocenters. The van der Waals surface area contributed by atoms with Gasteiger partial charge in [-0.1, -0.05) is 6.07 Å². The van der Waals surface area contributed by atoms with Crippen molar-refractivity contribution in [2.45, 2.75) is 0 Å². The van der Waals surface area contributed by atoms with Gasteiger partial charge in [-0.05, 0) is 28.1 Å². The van der Waals surface area contributed by atoms with Gasteiger partial charge >= 0.3 is 0 Å². The van der Waals surface area contributed by atoms with Crippen LogP contribution in [0.15, 0.2) is 40.6 Å². The molecule has 0 aliphatic heterocycles. The number of halogens is 1. The molecule has 3 heterocycles. The molecule has 0 fully saturated rings. The predicted octanol–water partition coefficient (Wildman–Crippen LogP) is 3.52. The summed E-state index contributed by atoms with van der Waals surface area (Å²) in [5, 5.41) is 3.05. The van der Waals surface area contributed by atoms with E-state index in [1.54, 1.807) is 23.9 Å². The van der Waals surface area contributed by atoms with Gasteiger partial charge in [-0.2, -0.15) is 0 Å². The summed E-state index contributed by atoms with van der Waals surface area (Å²) in [5.74, 6) is 0. The normalized spacial score (nSPS) is 10.8. The fourth-order valence-electron chi connectivity index (χ4n) is 1.54. The van der Waals surface area contributed by atoms with Crippen LogP contribution in [0.5, 0.6) is 0 Å². The second kappa shape index (κ2) is 3.92. The summed E-state index contributed by atoms with van der Waals surface area (Å²) in [6, 6.07) is 5.80. The van der Waals surface area contributed by atoms with E-state index in [-0.39, 0.29) is 0 Å². The highest BCUT2D eigenvalue weighted by Crippen LogP contribution is 2.34. The molecule has 0 bridgehead atoms. The Bertz CT molecular complexity index is 636. The highest BCUT2D eigenvalue weighted by atomic mass is 79.9. The number of hydrogen-bond acceptors (Lipinski definition) is 4. The van der Waals surface area contributed by atoms with Crippen molar-refractivity contribution in [1.82, 2.24) is 15.0 Å². The van der Waals surface area contributed by atoms with Crippen molar-refractivity contribution in [3.63, 3.8) is 0 Å². The first-order valence-electron chi connectivity index (χ1n) is 4.65. The van der Waals surface area contributed by atoms with Crippen molar-refractivity contribution in [3.8, 4) is 11.4 Å². The molecule has 0 saturated heterocycles. The maximum Gasteiger partial charge on any atom is 0.128 e. The SMILES string of the molecule is Brc1csc2ncnc(-c3ccccn3)c12. The van der Waals surface area contributed by atoms with E-state index in [9.17, 15) is 0 Å². The minimum Gasteiger partial charge on any atom is -0.255 e. The number of hydrogen-bond donors (Lipinski definition) is 0. The maximum absolute atomic E-state index is 4.31. The van der Waals surface area contributed by atoms with Crippen LogP contribution in [0.2, 0.25) is 0 Å². The van der Waals surface area contributed by atoms with Crippen LogP contribution in [-0.2, 0) is 0 Å². The van der Waals surface area contributed by atoms with Crippen molar-refractivity contribution >= 4 is 37.5 Å². The number of pyridine rings is 1. The fraction of sp³-hybridized carbons (Fsp3) is 0. The van der Waals surface area contributed by atoms with E-state index < -0.39 is 0 Å². The van der Waals surface area contributed by atoms with E-state index in [1.165, 1.54) is 0 Å². The molecule has 0 radical (unpaired) electrons. The average molecular weight is 292 g/mol. The molecule has 0 aliphatic rings. The summed E-state index contributed by atoms with van der Waals surface area (Å²) in [6.07, 6.45) is 3.35. The quantitative estimate of drug-likeness (QED) is 0.689. The second-order valence-corrected chi connectivity index (χ2v) is 4.91. The molecule has 5 heteroatoms. The summed E-state index contributed by atoms with van der Waals surface area (Å²) in [6.45, 7) is 0. The lowest BCUT2D eigenvalue weighted by Gasteiger charge is -2.00. The third-order valence-electron chi connectivity index (χ3n) is 2.23. The molecule has 3 nitrogen and oxygen atoms in total. The maximum atomic E-state index is 4.31. The molecule has 3 aromatic rings. The number of nitrogens with zero attached hydrogens (tertiary/aromatic N) is 3. The van der Waals surface area contributed by atoms with Crippen LogP contribution in [0.4, 0.5) is 0 Å². The lowest BCUT2D eigenvalue weighted by molar-refractivity contribution is 1.20. The van der Waals surface area contributed by atoms with Crippen molar-refractivity contribution in [3.05, 3.63) is 40.6 Å². The Labute approximate surface area is 104 Å². The first-order valence-corrected chi connectivity index (χ1v) is 6.32. The molecule has 16 heavy (non-hydrogen) atoms. The van der Waals surface area contributed by atoms with E-state index >= 15 is 0 Å². The molecule has 0 N–H and O–H groups in total. The van der Waals surface area contributed by atoms with E-state index in [4.69, 9.17) is 0 Å². The van der Waals surface area contributed by atoms with Gasteiger partial charge < -0.3 is 0 Å². The smallest absolute Gasteiger partial charge is 0.128 e.